The summed E-state index contributed by atoms with van der Waals surface area (Å²) in [7, 11) is -4.12. The van der Waals surface area contributed by atoms with Crippen molar-refractivity contribution < 1.29 is 22.0 Å². The largest absolute Gasteiger partial charge is 0.325 e. The highest BCUT2D eigenvalue weighted by atomic mass is 32.2. The average molecular weight is 354 g/mol. The standard InChI is InChI=1S/C16H16F2N2O3S/c1-2-11-5-3-4-6-15(11)20-16(21)10-19-24(22,23)12-7-8-13(17)14(18)9-12/h3-9,19H,2,10H2,1H3,(H,20,21). The number of amides is 1. The van der Waals surface area contributed by atoms with Gasteiger partial charge in [0.15, 0.2) is 11.6 Å². The van der Waals surface area contributed by atoms with Crippen molar-refractivity contribution in [3.63, 3.8) is 0 Å². The number of anilines is 1. The Kier molecular flexibility index (Phi) is 5.63. The van der Waals surface area contributed by atoms with Crippen LogP contribution in [0.25, 0.3) is 0 Å². The van der Waals surface area contributed by atoms with Gasteiger partial charge in [-0.15, -0.1) is 0 Å². The number of hydrogen-bond acceptors (Lipinski definition) is 3. The zero-order valence-corrected chi connectivity index (χ0v) is 13.7. The molecule has 0 aromatic heterocycles. The van der Waals surface area contributed by atoms with Crippen LogP contribution < -0.4 is 10.0 Å². The SMILES string of the molecule is CCc1ccccc1NC(=O)CNS(=O)(=O)c1ccc(F)c(F)c1. The first-order valence-electron chi connectivity index (χ1n) is 7.16. The maximum atomic E-state index is 13.1. The smallest absolute Gasteiger partial charge is 0.241 e. The van der Waals surface area contributed by atoms with Crippen LogP contribution in [0.15, 0.2) is 47.4 Å². The summed E-state index contributed by atoms with van der Waals surface area (Å²) in [4.78, 5) is 11.5. The normalized spacial score (nSPS) is 11.3. The topological polar surface area (TPSA) is 75.3 Å². The lowest BCUT2D eigenvalue weighted by Crippen LogP contribution is -2.33. The Bertz CT molecular complexity index is 854. The molecule has 0 spiro atoms. The van der Waals surface area contributed by atoms with Crippen LogP contribution in [0.2, 0.25) is 0 Å². The van der Waals surface area contributed by atoms with E-state index in [4.69, 9.17) is 0 Å². The molecule has 1 amide bonds. The van der Waals surface area contributed by atoms with Gasteiger partial charge in [-0.25, -0.2) is 21.9 Å². The maximum absolute atomic E-state index is 13.1. The molecule has 2 N–H and O–H groups in total. The molecule has 0 aliphatic carbocycles. The van der Waals surface area contributed by atoms with E-state index in [0.29, 0.717) is 24.2 Å². The van der Waals surface area contributed by atoms with Gasteiger partial charge >= 0.3 is 0 Å². The molecule has 128 valence electrons. The van der Waals surface area contributed by atoms with E-state index in [9.17, 15) is 22.0 Å². The van der Waals surface area contributed by atoms with Crippen LogP contribution in [-0.4, -0.2) is 20.9 Å². The van der Waals surface area contributed by atoms with Crippen LogP contribution >= 0.6 is 0 Å². The Morgan fingerprint density at radius 2 is 1.79 bits per heavy atom. The third-order valence-corrected chi connectivity index (χ3v) is 4.70. The Hall–Kier alpha value is -2.32. The van der Waals surface area contributed by atoms with Crippen molar-refractivity contribution in [2.24, 2.45) is 0 Å². The summed E-state index contributed by atoms with van der Waals surface area (Å²) in [6, 6.07) is 9.33. The maximum Gasteiger partial charge on any atom is 0.241 e. The van der Waals surface area contributed by atoms with E-state index in [2.05, 4.69) is 10.0 Å². The second-order valence-corrected chi connectivity index (χ2v) is 6.73. The van der Waals surface area contributed by atoms with Crippen molar-refractivity contribution in [3.05, 3.63) is 59.7 Å². The summed E-state index contributed by atoms with van der Waals surface area (Å²) in [5.41, 5.74) is 1.51. The summed E-state index contributed by atoms with van der Waals surface area (Å²) in [6.07, 6.45) is 0.705. The van der Waals surface area contributed by atoms with Crippen molar-refractivity contribution >= 4 is 21.6 Å². The highest BCUT2D eigenvalue weighted by molar-refractivity contribution is 7.89. The van der Waals surface area contributed by atoms with Gasteiger partial charge in [-0.2, -0.15) is 0 Å². The summed E-state index contributed by atoms with van der Waals surface area (Å²) in [5.74, 6) is -3.00. The number of rotatable bonds is 6. The number of hydrogen-bond donors (Lipinski definition) is 2. The average Bonchev–Trinajstić information content (AvgIpc) is 2.56. The molecule has 2 aromatic carbocycles. The number of nitrogens with one attached hydrogen (secondary N) is 2. The number of halogens is 2. The molecule has 2 aromatic rings. The molecule has 0 aliphatic heterocycles. The van der Waals surface area contributed by atoms with Crippen LogP contribution in [0.4, 0.5) is 14.5 Å². The molecule has 0 saturated carbocycles. The minimum absolute atomic E-state index is 0.455. The highest BCUT2D eigenvalue weighted by Gasteiger charge is 2.18. The predicted octanol–water partition coefficient (Wildman–Crippen LogP) is 2.44. The summed E-state index contributed by atoms with van der Waals surface area (Å²) in [6.45, 7) is 1.40. The fourth-order valence-electron chi connectivity index (χ4n) is 2.03. The molecule has 0 atom stereocenters. The van der Waals surface area contributed by atoms with Crippen LogP contribution in [0.5, 0.6) is 0 Å². The molecule has 0 heterocycles. The van der Waals surface area contributed by atoms with Gasteiger partial charge in [-0.05, 0) is 36.2 Å². The molecule has 0 bridgehead atoms. The fraction of sp³-hybridized carbons (Fsp3) is 0.188. The number of para-hydroxylation sites is 1. The second kappa shape index (κ2) is 7.50. The summed E-state index contributed by atoms with van der Waals surface area (Å²) in [5, 5.41) is 2.61. The Morgan fingerprint density at radius 1 is 1.08 bits per heavy atom. The van der Waals surface area contributed by atoms with E-state index in [1.807, 2.05) is 19.1 Å². The minimum atomic E-state index is -4.12. The lowest BCUT2D eigenvalue weighted by Gasteiger charge is -2.11. The zero-order valence-electron chi connectivity index (χ0n) is 12.8. The van der Waals surface area contributed by atoms with Gasteiger partial charge in [-0.3, -0.25) is 4.79 Å². The summed E-state index contributed by atoms with van der Waals surface area (Å²) >= 11 is 0. The van der Waals surface area contributed by atoms with Crippen LogP contribution in [-0.2, 0) is 21.2 Å². The first-order chi connectivity index (χ1) is 11.3. The molecule has 0 aliphatic rings. The van der Waals surface area contributed by atoms with Gasteiger partial charge in [0.2, 0.25) is 15.9 Å². The molecule has 0 unspecified atom stereocenters. The van der Waals surface area contributed by atoms with Gasteiger partial charge in [0, 0.05) is 5.69 Å². The Labute approximate surface area is 138 Å². The van der Waals surface area contributed by atoms with Crippen LogP contribution in [0.3, 0.4) is 0 Å². The quantitative estimate of drug-likeness (QED) is 0.837. The Balaban J connectivity index is 2.03. The molecule has 24 heavy (non-hydrogen) atoms. The number of carbonyl (C=O) groups excluding carboxylic acids is 1. The van der Waals surface area contributed by atoms with Gasteiger partial charge in [0.25, 0.3) is 0 Å². The highest BCUT2D eigenvalue weighted by Crippen LogP contribution is 2.16. The number of carbonyl (C=O) groups is 1. The lowest BCUT2D eigenvalue weighted by molar-refractivity contribution is -0.115. The molecular weight excluding hydrogens is 338 g/mol. The van der Waals surface area contributed by atoms with Crippen LogP contribution in [0, 0.1) is 11.6 Å². The second-order valence-electron chi connectivity index (χ2n) is 4.96. The van der Waals surface area contributed by atoms with Crippen molar-refractivity contribution in [1.82, 2.24) is 4.72 Å². The molecular formula is C16H16F2N2O3S. The van der Waals surface area contributed by atoms with Gasteiger partial charge in [0.1, 0.15) is 0 Å². The minimum Gasteiger partial charge on any atom is -0.325 e. The first kappa shape index (κ1) is 18.0. The molecule has 5 nitrogen and oxygen atoms in total. The third kappa shape index (κ3) is 4.36. The van der Waals surface area contributed by atoms with E-state index in [1.54, 1.807) is 12.1 Å². The van der Waals surface area contributed by atoms with E-state index < -0.39 is 39.0 Å². The van der Waals surface area contributed by atoms with E-state index in [-0.39, 0.29) is 0 Å². The number of benzene rings is 2. The van der Waals surface area contributed by atoms with Gasteiger partial charge in [0.05, 0.1) is 11.4 Å². The van der Waals surface area contributed by atoms with E-state index in [1.165, 1.54) is 0 Å². The van der Waals surface area contributed by atoms with Gasteiger partial charge in [-0.1, -0.05) is 25.1 Å². The zero-order chi connectivity index (χ0) is 17.7. The fourth-order valence-corrected chi connectivity index (χ4v) is 3.03. The van der Waals surface area contributed by atoms with Crippen molar-refractivity contribution in [3.8, 4) is 0 Å². The van der Waals surface area contributed by atoms with Crippen molar-refractivity contribution in [2.45, 2.75) is 18.2 Å². The molecule has 2 rings (SSSR count). The van der Waals surface area contributed by atoms with Gasteiger partial charge < -0.3 is 5.32 Å². The van der Waals surface area contributed by atoms with Crippen molar-refractivity contribution in [1.29, 1.82) is 0 Å². The molecule has 0 saturated heterocycles. The molecule has 0 radical (unpaired) electrons. The third-order valence-electron chi connectivity index (χ3n) is 3.30. The Morgan fingerprint density at radius 3 is 2.46 bits per heavy atom. The van der Waals surface area contributed by atoms with Crippen LogP contribution in [0.1, 0.15) is 12.5 Å². The summed E-state index contributed by atoms with van der Waals surface area (Å²) < 4.78 is 52.0. The number of aryl methyl sites for hydroxylation is 1. The first-order valence-corrected chi connectivity index (χ1v) is 8.64. The molecule has 0 fully saturated rings. The molecule has 8 heteroatoms. The number of sulfonamides is 1. The van der Waals surface area contributed by atoms with E-state index in [0.717, 1.165) is 11.6 Å². The van der Waals surface area contributed by atoms with E-state index >= 15 is 0 Å². The monoisotopic (exact) mass is 354 g/mol. The van der Waals surface area contributed by atoms with Crippen molar-refractivity contribution in [2.75, 3.05) is 11.9 Å². The lowest BCUT2D eigenvalue weighted by atomic mass is 10.1. The predicted molar refractivity (Wildman–Crippen MR) is 86.0 cm³/mol.